The molecule has 2 aliphatic rings. The minimum absolute atomic E-state index is 0.00797. The Balaban J connectivity index is 1.22. The summed E-state index contributed by atoms with van der Waals surface area (Å²) in [7, 11) is 0. The van der Waals surface area contributed by atoms with Crippen LogP contribution < -0.4 is 5.32 Å². The van der Waals surface area contributed by atoms with E-state index >= 15 is 0 Å². The molecule has 2 aliphatic heterocycles. The van der Waals surface area contributed by atoms with Crippen LogP contribution in [0.1, 0.15) is 31.5 Å². The van der Waals surface area contributed by atoms with Crippen molar-refractivity contribution in [2.75, 3.05) is 26.2 Å². The van der Waals surface area contributed by atoms with E-state index in [2.05, 4.69) is 10.3 Å². The summed E-state index contributed by atoms with van der Waals surface area (Å²) in [5, 5.41) is 5.95. The molecule has 1 unspecified atom stereocenters. The molecule has 1 aromatic carbocycles. The van der Waals surface area contributed by atoms with Crippen molar-refractivity contribution in [3.63, 3.8) is 0 Å². The molecule has 12 heteroatoms. The lowest BCUT2D eigenvalue weighted by Crippen LogP contribution is -2.62. The van der Waals surface area contributed by atoms with Crippen molar-refractivity contribution in [2.45, 2.75) is 24.7 Å². The van der Waals surface area contributed by atoms with Gasteiger partial charge in [0.05, 0.1) is 5.56 Å². The molecule has 0 aliphatic carbocycles. The largest absolute Gasteiger partial charge is 0.418 e. The number of fused-ring (bicyclic) bond motifs is 1. The van der Waals surface area contributed by atoms with Gasteiger partial charge in [0.25, 0.3) is 11.8 Å². The molecule has 3 aromatic rings. The molecular formula is C21H18ClF3N4O2S2. The number of carbonyl (C=O) groups excluding carboxylic acids is 2. The fourth-order valence-corrected chi connectivity index (χ4v) is 6.34. The van der Waals surface area contributed by atoms with Crippen molar-refractivity contribution in [1.29, 1.82) is 0 Å². The van der Waals surface area contributed by atoms with Crippen LogP contribution in [0.3, 0.4) is 0 Å². The Labute approximate surface area is 200 Å². The van der Waals surface area contributed by atoms with Crippen LogP contribution in [0.4, 0.5) is 13.2 Å². The second-order valence-electron chi connectivity index (χ2n) is 8.09. The number of aromatic nitrogens is 1. The lowest BCUT2D eigenvalue weighted by Gasteiger charge is -2.41. The zero-order chi connectivity index (χ0) is 23.3. The van der Waals surface area contributed by atoms with Gasteiger partial charge in [-0.25, -0.2) is 4.98 Å². The fourth-order valence-electron chi connectivity index (χ4n) is 4.27. The third kappa shape index (κ3) is 4.34. The van der Waals surface area contributed by atoms with E-state index in [1.165, 1.54) is 34.4 Å². The van der Waals surface area contributed by atoms with Crippen molar-refractivity contribution < 1.29 is 22.8 Å². The SMILES string of the molecule is O=C(c1nccs1)N1CCC(NC2CN(C(=O)c3sc4cc(Cl)ccc4c3C(F)(F)F)C2)C1. The molecule has 2 amide bonds. The molecule has 33 heavy (non-hydrogen) atoms. The Bertz CT molecular complexity index is 1210. The number of rotatable bonds is 4. The molecular weight excluding hydrogens is 497 g/mol. The van der Waals surface area contributed by atoms with Gasteiger partial charge in [-0.1, -0.05) is 17.7 Å². The van der Waals surface area contributed by atoms with Crippen molar-refractivity contribution in [3.05, 3.63) is 50.2 Å². The van der Waals surface area contributed by atoms with Gasteiger partial charge in [0.2, 0.25) is 0 Å². The molecule has 0 saturated carbocycles. The van der Waals surface area contributed by atoms with E-state index < -0.39 is 17.6 Å². The number of thiophene rings is 1. The van der Waals surface area contributed by atoms with E-state index in [-0.39, 0.29) is 28.3 Å². The summed E-state index contributed by atoms with van der Waals surface area (Å²) in [5.41, 5.74) is -0.896. The number of nitrogens with zero attached hydrogens (tertiary/aromatic N) is 3. The number of hydrogen-bond acceptors (Lipinski definition) is 6. The van der Waals surface area contributed by atoms with E-state index in [9.17, 15) is 22.8 Å². The zero-order valence-corrected chi connectivity index (χ0v) is 19.5. The van der Waals surface area contributed by atoms with Crippen LogP contribution in [0.25, 0.3) is 10.1 Å². The third-order valence-corrected chi connectivity index (χ3v) is 8.00. The van der Waals surface area contributed by atoms with E-state index in [4.69, 9.17) is 11.6 Å². The summed E-state index contributed by atoms with van der Waals surface area (Å²) in [6.07, 6.45) is -2.27. The standard InChI is InChI=1S/C21H18ClF3N4O2S2/c22-11-1-2-14-15(7-11)33-17(16(14)21(23,24)25)19(30)29-9-13(10-29)27-12-3-5-28(8-12)20(31)18-26-4-6-32-18/h1-2,4,6-7,12-13,27H,3,5,8-10H2. The Morgan fingerprint density at radius 1 is 1.12 bits per heavy atom. The first-order valence-electron chi connectivity index (χ1n) is 10.2. The monoisotopic (exact) mass is 514 g/mol. The highest BCUT2D eigenvalue weighted by atomic mass is 35.5. The van der Waals surface area contributed by atoms with Crippen molar-refractivity contribution >= 4 is 56.2 Å². The minimum Gasteiger partial charge on any atom is -0.335 e. The van der Waals surface area contributed by atoms with E-state index in [1.54, 1.807) is 16.5 Å². The highest BCUT2D eigenvalue weighted by Crippen LogP contribution is 2.43. The van der Waals surface area contributed by atoms with E-state index in [0.717, 1.165) is 17.8 Å². The first-order chi connectivity index (χ1) is 15.7. The van der Waals surface area contributed by atoms with Crippen LogP contribution in [0.15, 0.2) is 29.8 Å². The van der Waals surface area contributed by atoms with E-state index in [1.807, 2.05) is 0 Å². The molecule has 0 radical (unpaired) electrons. The number of hydrogen-bond donors (Lipinski definition) is 1. The average molecular weight is 515 g/mol. The maximum Gasteiger partial charge on any atom is 0.418 e. The molecule has 0 bridgehead atoms. The summed E-state index contributed by atoms with van der Waals surface area (Å²) in [6, 6.07) is 4.22. The fraction of sp³-hybridized carbons (Fsp3) is 0.381. The average Bonchev–Trinajstić information content (AvgIpc) is 3.47. The first kappa shape index (κ1) is 22.6. The Hall–Kier alpha value is -2.21. The molecule has 0 spiro atoms. The number of amides is 2. The van der Waals surface area contributed by atoms with Gasteiger partial charge in [-0.15, -0.1) is 22.7 Å². The predicted octanol–water partition coefficient (Wildman–Crippen LogP) is 4.36. The molecule has 2 aromatic heterocycles. The number of likely N-dealkylation sites (tertiary alicyclic amines) is 2. The van der Waals surface area contributed by atoms with Crippen LogP contribution in [-0.2, 0) is 6.18 Å². The number of benzene rings is 1. The van der Waals surface area contributed by atoms with Gasteiger partial charge in [0.1, 0.15) is 4.88 Å². The molecule has 1 atom stereocenters. The lowest BCUT2D eigenvalue weighted by molar-refractivity contribution is -0.136. The Morgan fingerprint density at radius 2 is 1.88 bits per heavy atom. The van der Waals surface area contributed by atoms with Gasteiger partial charge in [0.15, 0.2) is 5.01 Å². The normalized spacial score (nSPS) is 19.3. The summed E-state index contributed by atoms with van der Waals surface area (Å²) in [5.74, 6) is -0.714. The number of halogens is 4. The molecule has 2 fully saturated rings. The summed E-state index contributed by atoms with van der Waals surface area (Å²) < 4.78 is 41.6. The van der Waals surface area contributed by atoms with Crippen molar-refractivity contribution in [2.24, 2.45) is 0 Å². The summed E-state index contributed by atoms with van der Waals surface area (Å²) >= 11 is 8.05. The molecule has 6 nitrogen and oxygen atoms in total. The zero-order valence-electron chi connectivity index (χ0n) is 17.1. The van der Waals surface area contributed by atoms with Crippen LogP contribution in [0, 0.1) is 0 Å². The number of carbonyl (C=O) groups is 2. The molecule has 2 saturated heterocycles. The quantitative estimate of drug-likeness (QED) is 0.562. The molecule has 174 valence electrons. The molecule has 5 rings (SSSR count). The number of thiazole rings is 1. The maximum atomic E-state index is 13.8. The molecule has 4 heterocycles. The Morgan fingerprint density at radius 3 is 2.58 bits per heavy atom. The van der Waals surface area contributed by atoms with Gasteiger partial charge < -0.3 is 15.1 Å². The predicted molar refractivity (Wildman–Crippen MR) is 121 cm³/mol. The van der Waals surface area contributed by atoms with Gasteiger partial charge in [-0.05, 0) is 18.6 Å². The van der Waals surface area contributed by atoms with Crippen LogP contribution >= 0.6 is 34.3 Å². The van der Waals surface area contributed by atoms with Crippen molar-refractivity contribution in [3.8, 4) is 0 Å². The van der Waals surface area contributed by atoms with E-state index in [0.29, 0.717) is 40.9 Å². The first-order valence-corrected chi connectivity index (χ1v) is 12.3. The topological polar surface area (TPSA) is 65.5 Å². The highest BCUT2D eigenvalue weighted by molar-refractivity contribution is 7.21. The van der Waals surface area contributed by atoms with Crippen LogP contribution in [-0.4, -0.2) is 64.9 Å². The van der Waals surface area contributed by atoms with Crippen LogP contribution in [0.5, 0.6) is 0 Å². The number of alkyl halides is 3. The second kappa shape index (κ2) is 8.53. The minimum atomic E-state index is -4.64. The lowest BCUT2D eigenvalue weighted by atomic mass is 10.0. The van der Waals surface area contributed by atoms with Crippen molar-refractivity contribution in [1.82, 2.24) is 20.1 Å². The Kier molecular flexibility index (Phi) is 5.84. The second-order valence-corrected chi connectivity index (χ2v) is 10.5. The summed E-state index contributed by atoms with van der Waals surface area (Å²) in [4.78, 5) is 32.3. The maximum absolute atomic E-state index is 13.8. The van der Waals surface area contributed by atoms with Crippen LogP contribution in [0.2, 0.25) is 5.02 Å². The third-order valence-electron chi connectivity index (χ3n) is 5.86. The van der Waals surface area contributed by atoms with Gasteiger partial charge >= 0.3 is 6.18 Å². The van der Waals surface area contributed by atoms with Gasteiger partial charge in [-0.2, -0.15) is 13.2 Å². The highest BCUT2D eigenvalue weighted by Gasteiger charge is 2.42. The smallest absolute Gasteiger partial charge is 0.335 e. The van der Waals surface area contributed by atoms with Gasteiger partial charge in [0, 0.05) is 64.9 Å². The number of nitrogens with one attached hydrogen (secondary N) is 1. The summed E-state index contributed by atoms with van der Waals surface area (Å²) in [6.45, 7) is 1.80. The van der Waals surface area contributed by atoms with Gasteiger partial charge in [-0.3, -0.25) is 9.59 Å². The molecule has 1 N–H and O–H groups in total.